The third-order valence-electron chi connectivity index (χ3n) is 4.34. The van der Waals surface area contributed by atoms with Crippen molar-refractivity contribution < 1.29 is 0 Å². The number of benzene rings is 3. The Morgan fingerprint density at radius 2 is 1.50 bits per heavy atom. The van der Waals surface area contributed by atoms with Crippen LogP contribution in [0.4, 0.5) is 0 Å². The van der Waals surface area contributed by atoms with E-state index >= 15 is 0 Å². The SMILES string of the molecule is CC1C(c2cccc3ccccc23)=Cc2ccccc21. The Labute approximate surface area is 119 Å². The Balaban J connectivity index is 1.94. The summed E-state index contributed by atoms with van der Waals surface area (Å²) >= 11 is 0. The Morgan fingerprint density at radius 1 is 0.750 bits per heavy atom. The third kappa shape index (κ3) is 1.61. The summed E-state index contributed by atoms with van der Waals surface area (Å²) in [5.41, 5.74) is 5.60. The van der Waals surface area contributed by atoms with Gasteiger partial charge in [-0.15, -0.1) is 0 Å². The molecule has 0 saturated heterocycles. The predicted molar refractivity (Wildman–Crippen MR) is 86.7 cm³/mol. The summed E-state index contributed by atoms with van der Waals surface area (Å²) in [6, 6.07) is 23.9. The number of fused-ring (bicyclic) bond motifs is 2. The molecule has 1 unspecified atom stereocenters. The fourth-order valence-electron chi connectivity index (χ4n) is 3.28. The first-order chi connectivity index (χ1) is 9.84. The van der Waals surface area contributed by atoms with Gasteiger partial charge in [0.15, 0.2) is 0 Å². The maximum Gasteiger partial charge on any atom is 0.00733 e. The summed E-state index contributed by atoms with van der Waals surface area (Å²) in [6.45, 7) is 2.31. The summed E-state index contributed by atoms with van der Waals surface area (Å²) in [7, 11) is 0. The summed E-state index contributed by atoms with van der Waals surface area (Å²) in [6.07, 6.45) is 2.35. The van der Waals surface area contributed by atoms with Crippen LogP contribution in [0.2, 0.25) is 0 Å². The third-order valence-corrected chi connectivity index (χ3v) is 4.34. The van der Waals surface area contributed by atoms with E-state index in [2.05, 4.69) is 79.7 Å². The zero-order chi connectivity index (χ0) is 13.5. The topological polar surface area (TPSA) is 0 Å². The van der Waals surface area contributed by atoms with Crippen LogP contribution in [0.3, 0.4) is 0 Å². The molecule has 0 spiro atoms. The van der Waals surface area contributed by atoms with Gasteiger partial charge in [0.05, 0.1) is 0 Å². The molecular formula is C20H16. The minimum atomic E-state index is 0.469. The molecule has 0 heteroatoms. The normalized spacial score (nSPS) is 17.1. The molecule has 20 heavy (non-hydrogen) atoms. The van der Waals surface area contributed by atoms with Crippen LogP contribution in [-0.2, 0) is 0 Å². The predicted octanol–water partition coefficient (Wildman–Crippen LogP) is 5.50. The van der Waals surface area contributed by atoms with Gasteiger partial charge in [-0.25, -0.2) is 0 Å². The Morgan fingerprint density at radius 3 is 2.40 bits per heavy atom. The van der Waals surface area contributed by atoms with Crippen LogP contribution < -0.4 is 0 Å². The van der Waals surface area contributed by atoms with E-state index in [1.54, 1.807) is 0 Å². The Bertz CT molecular complexity index is 819. The monoisotopic (exact) mass is 256 g/mol. The average Bonchev–Trinajstić information content (AvgIpc) is 2.84. The van der Waals surface area contributed by atoms with Gasteiger partial charge in [-0.3, -0.25) is 0 Å². The van der Waals surface area contributed by atoms with E-state index in [-0.39, 0.29) is 0 Å². The number of hydrogen-bond donors (Lipinski definition) is 0. The lowest BCUT2D eigenvalue weighted by atomic mass is 9.90. The van der Waals surface area contributed by atoms with E-state index in [4.69, 9.17) is 0 Å². The zero-order valence-electron chi connectivity index (χ0n) is 11.5. The van der Waals surface area contributed by atoms with E-state index < -0.39 is 0 Å². The second-order valence-electron chi connectivity index (χ2n) is 5.48. The molecule has 0 nitrogen and oxygen atoms in total. The molecule has 0 radical (unpaired) electrons. The molecule has 1 aliphatic carbocycles. The van der Waals surface area contributed by atoms with E-state index in [0.717, 1.165) is 0 Å². The molecule has 0 N–H and O–H groups in total. The molecule has 3 aromatic carbocycles. The van der Waals surface area contributed by atoms with Crippen molar-refractivity contribution in [2.24, 2.45) is 0 Å². The molecular weight excluding hydrogens is 240 g/mol. The molecule has 1 atom stereocenters. The van der Waals surface area contributed by atoms with E-state index in [1.807, 2.05) is 0 Å². The smallest absolute Gasteiger partial charge is 0.00733 e. The van der Waals surface area contributed by atoms with Crippen molar-refractivity contribution in [3.8, 4) is 0 Å². The van der Waals surface area contributed by atoms with E-state index in [1.165, 1.54) is 33.0 Å². The van der Waals surface area contributed by atoms with Crippen LogP contribution in [0.1, 0.15) is 29.5 Å². The first-order valence-corrected chi connectivity index (χ1v) is 7.13. The minimum Gasteiger partial charge on any atom is -0.0619 e. The number of allylic oxidation sites excluding steroid dienone is 1. The first-order valence-electron chi connectivity index (χ1n) is 7.13. The molecule has 3 aromatic rings. The molecule has 0 saturated carbocycles. The van der Waals surface area contributed by atoms with Crippen LogP contribution >= 0.6 is 0 Å². The van der Waals surface area contributed by atoms with Crippen LogP contribution in [0.5, 0.6) is 0 Å². The lowest BCUT2D eigenvalue weighted by Gasteiger charge is -2.13. The quantitative estimate of drug-likeness (QED) is 0.539. The number of rotatable bonds is 1. The van der Waals surface area contributed by atoms with Gasteiger partial charge in [0.25, 0.3) is 0 Å². The van der Waals surface area contributed by atoms with Gasteiger partial charge in [0.2, 0.25) is 0 Å². The van der Waals surface area contributed by atoms with Crippen molar-refractivity contribution >= 4 is 22.4 Å². The van der Waals surface area contributed by atoms with Gasteiger partial charge in [-0.2, -0.15) is 0 Å². The summed E-state index contributed by atoms with van der Waals surface area (Å²) in [5.74, 6) is 0.469. The summed E-state index contributed by atoms with van der Waals surface area (Å²) < 4.78 is 0. The highest BCUT2D eigenvalue weighted by Crippen LogP contribution is 2.43. The fourth-order valence-corrected chi connectivity index (χ4v) is 3.28. The molecule has 4 rings (SSSR count). The second-order valence-corrected chi connectivity index (χ2v) is 5.48. The highest BCUT2D eigenvalue weighted by Gasteiger charge is 2.22. The van der Waals surface area contributed by atoms with Crippen LogP contribution in [-0.4, -0.2) is 0 Å². The van der Waals surface area contributed by atoms with Crippen molar-refractivity contribution in [2.75, 3.05) is 0 Å². The standard InChI is InChI=1S/C20H16/c1-14-17-10-4-3-8-16(17)13-20(14)19-12-6-9-15-7-2-5-11-18(15)19/h2-14H,1H3. The van der Waals surface area contributed by atoms with Crippen molar-refractivity contribution in [3.63, 3.8) is 0 Å². The molecule has 0 heterocycles. The van der Waals surface area contributed by atoms with Crippen molar-refractivity contribution in [2.45, 2.75) is 12.8 Å². The van der Waals surface area contributed by atoms with E-state index in [0.29, 0.717) is 5.92 Å². The van der Waals surface area contributed by atoms with Gasteiger partial charge in [-0.05, 0) is 33.0 Å². The highest BCUT2D eigenvalue weighted by atomic mass is 14.3. The van der Waals surface area contributed by atoms with E-state index in [9.17, 15) is 0 Å². The molecule has 0 bridgehead atoms. The zero-order valence-corrected chi connectivity index (χ0v) is 11.5. The van der Waals surface area contributed by atoms with Gasteiger partial charge < -0.3 is 0 Å². The number of hydrogen-bond acceptors (Lipinski definition) is 0. The minimum absolute atomic E-state index is 0.469. The van der Waals surface area contributed by atoms with Gasteiger partial charge in [0, 0.05) is 5.92 Å². The van der Waals surface area contributed by atoms with Gasteiger partial charge in [0.1, 0.15) is 0 Å². The molecule has 0 fully saturated rings. The van der Waals surface area contributed by atoms with Crippen LogP contribution in [0, 0.1) is 0 Å². The Hall–Kier alpha value is -2.34. The maximum absolute atomic E-state index is 2.35. The molecule has 96 valence electrons. The summed E-state index contributed by atoms with van der Waals surface area (Å²) in [5, 5.41) is 2.66. The molecule has 0 aromatic heterocycles. The lowest BCUT2D eigenvalue weighted by molar-refractivity contribution is 1.01. The van der Waals surface area contributed by atoms with Crippen molar-refractivity contribution in [3.05, 3.63) is 83.4 Å². The van der Waals surface area contributed by atoms with Crippen LogP contribution in [0.15, 0.2) is 66.7 Å². The first kappa shape index (κ1) is 11.5. The van der Waals surface area contributed by atoms with Crippen molar-refractivity contribution in [1.82, 2.24) is 0 Å². The molecule has 1 aliphatic rings. The molecule has 0 amide bonds. The van der Waals surface area contributed by atoms with Gasteiger partial charge >= 0.3 is 0 Å². The van der Waals surface area contributed by atoms with Gasteiger partial charge in [-0.1, -0.05) is 79.7 Å². The van der Waals surface area contributed by atoms with Crippen molar-refractivity contribution in [1.29, 1.82) is 0 Å². The fraction of sp³-hybridized carbons (Fsp3) is 0.100. The lowest BCUT2D eigenvalue weighted by Crippen LogP contribution is -1.93. The summed E-state index contributed by atoms with van der Waals surface area (Å²) in [4.78, 5) is 0. The Kier molecular flexibility index (Phi) is 2.50. The largest absolute Gasteiger partial charge is 0.0619 e. The second kappa shape index (κ2) is 4.35. The van der Waals surface area contributed by atoms with Crippen LogP contribution in [0.25, 0.3) is 22.4 Å². The maximum atomic E-state index is 2.35. The highest BCUT2D eigenvalue weighted by molar-refractivity contribution is 6.01. The average molecular weight is 256 g/mol. The molecule has 0 aliphatic heterocycles.